The van der Waals surface area contributed by atoms with Crippen LogP contribution in [0.4, 0.5) is 0 Å². The molecule has 13 heteroatoms. The predicted octanol–water partition coefficient (Wildman–Crippen LogP) is 0.805. The van der Waals surface area contributed by atoms with Crippen molar-refractivity contribution in [2.45, 2.75) is 23.6 Å². The van der Waals surface area contributed by atoms with Crippen LogP contribution < -0.4 is 21.5 Å². The molecule has 39 heavy (non-hydrogen) atoms. The minimum atomic E-state index is -4.17. The molecule has 1 aliphatic heterocycles. The van der Waals surface area contributed by atoms with Gasteiger partial charge in [-0.3, -0.25) is 14.8 Å². The zero-order chi connectivity index (χ0) is 27.6. The molecule has 0 aliphatic carbocycles. The van der Waals surface area contributed by atoms with Crippen molar-refractivity contribution in [1.82, 2.24) is 19.5 Å². The highest BCUT2D eigenvalue weighted by Crippen LogP contribution is 2.20. The topological polar surface area (TPSA) is 173 Å². The third-order valence-electron chi connectivity index (χ3n) is 6.57. The number of oxazole rings is 1. The molecule has 1 unspecified atom stereocenters. The molecule has 4 aromatic rings. The van der Waals surface area contributed by atoms with Crippen molar-refractivity contribution in [3.63, 3.8) is 0 Å². The minimum Gasteiger partial charge on any atom is -0.408 e. The van der Waals surface area contributed by atoms with E-state index in [0.29, 0.717) is 30.8 Å². The van der Waals surface area contributed by atoms with Gasteiger partial charge < -0.3 is 25.1 Å². The van der Waals surface area contributed by atoms with Crippen molar-refractivity contribution >= 4 is 43.8 Å². The predicted molar refractivity (Wildman–Crippen MR) is 145 cm³/mol. The van der Waals surface area contributed by atoms with Crippen LogP contribution in [0.1, 0.15) is 0 Å². The molecule has 2 heterocycles. The number of rotatable bonds is 8. The van der Waals surface area contributed by atoms with Crippen LogP contribution in [-0.2, 0) is 26.1 Å². The van der Waals surface area contributed by atoms with E-state index in [0.717, 1.165) is 10.8 Å². The van der Waals surface area contributed by atoms with Gasteiger partial charge in [-0.2, -0.15) is 4.72 Å². The molecule has 3 aromatic carbocycles. The summed E-state index contributed by atoms with van der Waals surface area (Å²) in [6.45, 7) is 0.839. The Hall–Kier alpha value is -4.20. The Labute approximate surface area is 223 Å². The fraction of sp³-hybridized carbons (Fsp3) is 0.269. The first-order valence-corrected chi connectivity index (χ1v) is 13.8. The quantitative estimate of drug-likeness (QED) is 0.184. The van der Waals surface area contributed by atoms with Crippen LogP contribution in [0, 0.1) is 5.41 Å². The van der Waals surface area contributed by atoms with Crippen LogP contribution in [0.3, 0.4) is 0 Å². The first-order chi connectivity index (χ1) is 18.7. The number of guanidine groups is 1. The maximum atomic E-state index is 13.4. The number of amides is 1. The number of aromatic nitrogens is 1. The zero-order valence-electron chi connectivity index (χ0n) is 20.9. The Kier molecular flexibility index (Phi) is 7.37. The SMILES string of the molecule is N=C(N)N1CCO[C@H](CNC(=O)C(Cn2c(=O)oc3ccccc32)NS(=O)(=O)c2ccc3ccccc3c2)C1. The third-order valence-corrected chi connectivity index (χ3v) is 8.04. The van der Waals surface area contributed by atoms with Gasteiger partial charge in [0.05, 0.1) is 29.7 Å². The molecule has 1 aliphatic rings. The molecule has 0 saturated carbocycles. The fourth-order valence-electron chi connectivity index (χ4n) is 4.53. The monoisotopic (exact) mass is 552 g/mol. The van der Waals surface area contributed by atoms with Crippen LogP contribution in [0.25, 0.3) is 21.9 Å². The van der Waals surface area contributed by atoms with E-state index in [9.17, 15) is 18.0 Å². The maximum absolute atomic E-state index is 13.4. The second kappa shape index (κ2) is 10.9. The van der Waals surface area contributed by atoms with E-state index in [1.807, 2.05) is 12.1 Å². The number of nitrogens with zero attached hydrogens (tertiary/aromatic N) is 2. The highest BCUT2D eigenvalue weighted by Gasteiger charge is 2.29. The van der Waals surface area contributed by atoms with Gasteiger partial charge in [0.15, 0.2) is 11.5 Å². The Balaban J connectivity index is 1.41. The second-order valence-corrected chi connectivity index (χ2v) is 10.9. The van der Waals surface area contributed by atoms with Crippen molar-refractivity contribution in [1.29, 1.82) is 5.41 Å². The van der Waals surface area contributed by atoms with Gasteiger partial charge in [0.2, 0.25) is 15.9 Å². The van der Waals surface area contributed by atoms with E-state index in [1.165, 1.54) is 16.7 Å². The zero-order valence-corrected chi connectivity index (χ0v) is 21.7. The number of para-hydroxylation sites is 2. The highest BCUT2D eigenvalue weighted by molar-refractivity contribution is 7.89. The first-order valence-electron chi connectivity index (χ1n) is 12.3. The molecule has 1 aromatic heterocycles. The van der Waals surface area contributed by atoms with Crippen molar-refractivity contribution in [2.75, 3.05) is 26.2 Å². The average molecular weight is 553 g/mol. The van der Waals surface area contributed by atoms with E-state index in [1.54, 1.807) is 47.4 Å². The highest BCUT2D eigenvalue weighted by atomic mass is 32.2. The molecular formula is C26H28N6O6S. The van der Waals surface area contributed by atoms with Gasteiger partial charge in [0, 0.05) is 19.6 Å². The van der Waals surface area contributed by atoms with E-state index in [4.69, 9.17) is 20.3 Å². The summed E-state index contributed by atoms with van der Waals surface area (Å²) < 4.78 is 41.5. The number of sulfonamides is 1. The van der Waals surface area contributed by atoms with Crippen LogP contribution >= 0.6 is 0 Å². The average Bonchev–Trinajstić information content (AvgIpc) is 3.25. The van der Waals surface area contributed by atoms with E-state index >= 15 is 0 Å². The van der Waals surface area contributed by atoms with E-state index in [2.05, 4.69) is 10.0 Å². The van der Waals surface area contributed by atoms with Gasteiger partial charge in [-0.1, -0.05) is 42.5 Å². The Morgan fingerprint density at radius 3 is 2.64 bits per heavy atom. The van der Waals surface area contributed by atoms with Gasteiger partial charge in [0.1, 0.15) is 6.04 Å². The number of hydrogen-bond donors (Lipinski definition) is 4. The largest absolute Gasteiger partial charge is 0.420 e. The van der Waals surface area contributed by atoms with Crippen molar-refractivity contribution < 1.29 is 22.4 Å². The lowest BCUT2D eigenvalue weighted by molar-refractivity contribution is -0.124. The van der Waals surface area contributed by atoms with Gasteiger partial charge >= 0.3 is 5.76 Å². The molecule has 204 valence electrons. The van der Waals surface area contributed by atoms with Crippen molar-refractivity contribution in [2.24, 2.45) is 5.73 Å². The Morgan fingerprint density at radius 1 is 1.10 bits per heavy atom. The van der Waals surface area contributed by atoms with E-state index < -0.39 is 33.8 Å². The summed E-state index contributed by atoms with van der Waals surface area (Å²) in [5.74, 6) is -1.46. The van der Waals surface area contributed by atoms with Crippen molar-refractivity contribution in [3.8, 4) is 0 Å². The first kappa shape index (κ1) is 26.4. The van der Waals surface area contributed by atoms with Crippen LogP contribution in [-0.4, -0.2) is 68.1 Å². The molecule has 1 amide bonds. The Morgan fingerprint density at radius 2 is 1.85 bits per heavy atom. The number of fused-ring (bicyclic) bond motifs is 2. The number of nitrogens with two attached hydrogens (primary N) is 1. The Bertz CT molecular complexity index is 1700. The summed E-state index contributed by atoms with van der Waals surface area (Å²) in [5, 5.41) is 11.9. The summed E-state index contributed by atoms with van der Waals surface area (Å²) in [5.41, 5.74) is 6.32. The maximum Gasteiger partial charge on any atom is 0.420 e. The summed E-state index contributed by atoms with van der Waals surface area (Å²) in [7, 11) is -4.17. The number of ether oxygens (including phenoxy) is 1. The molecule has 2 atom stereocenters. The van der Waals surface area contributed by atoms with Gasteiger partial charge in [-0.05, 0) is 35.0 Å². The summed E-state index contributed by atoms with van der Waals surface area (Å²) in [6, 6.07) is 17.3. The molecule has 12 nitrogen and oxygen atoms in total. The van der Waals surface area contributed by atoms with Gasteiger partial charge in [0.25, 0.3) is 0 Å². The number of carbonyl (C=O) groups excluding carboxylic acids is 1. The number of nitrogens with one attached hydrogen (secondary N) is 3. The van der Waals surface area contributed by atoms with Crippen LogP contribution in [0.5, 0.6) is 0 Å². The minimum absolute atomic E-state index is 0.0175. The molecule has 0 radical (unpaired) electrons. The van der Waals surface area contributed by atoms with Gasteiger partial charge in [-0.15, -0.1) is 0 Å². The summed E-state index contributed by atoms with van der Waals surface area (Å²) in [6.07, 6.45) is -0.457. The molecular weight excluding hydrogens is 524 g/mol. The summed E-state index contributed by atoms with van der Waals surface area (Å²) in [4.78, 5) is 27.6. The van der Waals surface area contributed by atoms with Crippen LogP contribution in [0.2, 0.25) is 0 Å². The molecule has 0 bridgehead atoms. The van der Waals surface area contributed by atoms with Crippen LogP contribution in [0.15, 0.2) is 80.8 Å². The van der Waals surface area contributed by atoms with Gasteiger partial charge in [-0.25, -0.2) is 13.2 Å². The molecule has 1 fully saturated rings. The number of morpholine rings is 1. The lowest BCUT2D eigenvalue weighted by Gasteiger charge is -2.33. The third kappa shape index (κ3) is 5.79. The normalized spacial score (nSPS) is 16.8. The second-order valence-electron chi connectivity index (χ2n) is 9.20. The number of carbonyl (C=O) groups is 1. The smallest absolute Gasteiger partial charge is 0.408 e. The molecule has 5 rings (SSSR count). The number of benzene rings is 3. The number of hydrogen-bond acceptors (Lipinski definition) is 7. The van der Waals surface area contributed by atoms with E-state index in [-0.39, 0.29) is 23.9 Å². The summed E-state index contributed by atoms with van der Waals surface area (Å²) >= 11 is 0. The lowest BCUT2D eigenvalue weighted by atomic mass is 10.1. The molecule has 0 spiro atoms. The molecule has 5 N–H and O–H groups in total. The fourth-order valence-corrected chi connectivity index (χ4v) is 5.75. The molecule has 1 saturated heterocycles. The lowest BCUT2D eigenvalue weighted by Crippen LogP contribution is -2.54. The van der Waals surface area contributed by atoms with Crippen molar-refractivity contribution in [3.05, 3.63) is 77.3 Å². The standard InChI is InChI=1S/C26H28N6O6S/c27-25(28)31-11-12-37-19(15-31)14-29-24(33)21(16-32-22-7-3-4-8-23(22)38-26(32)34)30-39(35,36)20-10-9-17-5-1-2-6-18(17)13-20/h1-10,13,19,21,30H,11-12,14-16H2,(H3,27,28)(H,29,33)/t19-,21?/m1/s1.